The van der Waals surface area contributed by atoms with Gasteiger partial charge in [-0.3, -0.25) is 4.99 Å². The summed E-state index contributed by atoms with van der Waals surface area (Å²) in [6.07, 6.45) is 1.06. The topological polar surface area (TPSA) is 41.6 Å². The molecule has 18 heavy (non-hydrogen) atoms. The first-order valence-corrected chi connectivity index (χ1v) is 7.66. The van der Waals surface area contributed by atoms with Crippen molar-refractivity contribution in [2.75, 3.05) is 6.54 Å². The Morgan fingerprint density at radius 2 is 2.17 bits per heavy atom. The Morgan fingerprint density at radius 3 is 2.78 bits per heavy atom. The quantitative estimate of drug-likeness (QED) is 0.876. The number of guanidine groups is 1. The molecule has 1 aliphatic rings. The van der Waals surface area contributed by atoms with E-state index in [0.29, 0.717) is 12.0 Å². The van der Waals surface area contributed by atoms with Gasteiger partial charge in [0, 0.05) is 15.0 Å². The molecule has 0 saturated carbocycles. The number of nitrogens with zero attached hydrogens (tertiary/aromatic N) is 2. The van der Waals surface area contributed by atoms with E-state index in [0.717, 1.165) is 21.9 Å². The molecule has 1 aromatic carbocycles. The van der Waals surface area contributed by atoms with E-state index in [-0.39, 0.29) is 6.04 Å². The minimum Gasteiger partial charge on any atom is -0.370 e. The van der Waals surface area contributed by atoms with Gasteiger partial charge in [-0.2, -0.15) is 0 Å². The minimum atomic E-state index is 0.254. The van der Waals surface area contributed by atoms with Crippen LogP contribution in [-0.4, -0.2) is 23.4 Å². The molecule has 1 heterocycles. The third-order valence-electron chi connectivity index (χ3n) is 3.42. The number of hydrogen-bond donors (Lipinski definition) is 1. The Balaban J connectivity index is 2.30. The lowest BCUT2D eigenvalue weighted by atomic mass is 10.0. The van der Waals surface area contributed by atoms with Crippen molar-refractivity contribution >= 4 is 37.8 Å². The van der Waals surface area contributed by atoms with Crippen molar-refractivity contribution in [3.05, 3.63) is 32.7 Å². The molecule has 98 valence electrons. The Bertz CT molecular complexity index is 473. The summed E-state index contributed by atoms with van der Waals surface area (Å²) in [5, 5.41) is 0. The standard InChI is InChI=1S/C13H17Br2N3/c1-3-8(2)18-12(7-17-13(18)16)9-4-5-10(14)11(15)6-9/h4-6,8,12H,3,7H2,1-2H3,(H2,16,17). The van der Waals surface area contributed by atoms with Gasteiger partial charge in [0.2, 0.25) is 0 Å². The van der Waals surface area contributed by atoms with Crippen LogP contribution >= 0.6 is 31.9 Å². The van der Waals surface area contributed by atoms with Crippen LogP contribution in [-0.2, 0) is 0 Å². The summed E-state index contributed by atoms with van der Waals surface area (Å²) in [7, 11) is 0. The molecule has 0 amide bonds. The third kappa shape index (κ3) is 2.57. The normalized spacial score (nSPS) is 21.0. The van der Waals surface area contributed by atoms with E-state index in [9.17, 15) is 0 Å². The van der Waals surface area contributed by atoms with Crippen molar-refractivity contribution in [2.45, 2.75) is 32.4 Å². The molecular formula is C13H17Br2N3. The number of nitrogens with two attached hydrogens (primary N) is 1. The van der Waals surface area contributed by atoms with Crippen LogP contribution in [0.3, 0.4) is 0 Å². The first kappa shape index (κ1) is 13.9. The number of rotatable bonds is 3. The van der Waals surface area contributed by atoms with Gasteiger partial charge in [-0.25, -0.2) is 0 Å². The Morgan fingerprint density at radius 1 is 1.44 bits per heavy atom. The van der Waals surface area contributed by atoms with E-state index in [4.69, 9.17) is 5.73 Å². The van der Waals surface area contributed by atoms with E-state index in [1.807, 2.05) is 0 Å². The van der Waals surface area contributed by atoms with Gasteiger partial charge < -0.3 is 10.6 Å². The maximum absolute atomic E-state index is 6.01. The van der Waals surface area contributed by atoms with E-state index in [1.54, 1.807) is 0 Å². The number of halogens is 2. The van der Waals surface area contributed by atoms with Crippen molar-refractivity contribution in [1.29, 1.82) is 0 Å². The molecule has 0 aromatic heterocycles. The van der Waals surface area contributed by atoms with Crippen molar-refractivity contribution < 1.29 is 0 Å². The molecule has 1 aliphatic heterocycles. The van der Waals surface area contributed by atoms with E-state index in [1.165, 1.54) is 5.56 Å². The highest BCUT2D eigenvalue weighted by Crippen LogP contribution is 2.32. The molecule has 0 radical (unpaired) electrons. The fourth-order valence-electron chi connectivity index (χ4n) is 2.22. The van der Waals surface area contributed by atoms with Crippen molar-refractivity contribution in [1.82, 2.24) is 4.90 Å². The smallest absolute Gasteiger partial charge is 0.192 e. The van der Waals surface area contributed by atoms with Crippen LogP contribution in [0.25, 0.3) is 0 Å². The van der Waals surface area contributed by atoms with Crippen molar-refractivity contribution in [2.24, 2.45) is 10.7 Å². The predicted molar refractivity (Wildman–Crippen MR) is 82.7 cm³/mol. The summed E-state index contributed by atoms with van der Waals surface area (Å²) in [6.45, 7) is 5.10. The van der Waals surface area contributed by atoms with Crippen LogP contribution in [0.1, 0.15) is 31.9 Å². The third-order valence-corrected chi connectivity index (χ3v) is 5.30. The highest BCUT2D eigenvalue weighted by molar-refractivity contribution is 9.13. The van der Waals surface area contributed by atoms with Crippen LogP contribution in [0.5, 0.6) is 0 Å². The van der Waals surface area contributed by atoms with Crippen molar-refractivity contribution in [3.8, 4) is 0 Å². The number of aliphatic imine (C=N–C) groups is 1. The molecule has 0 spiro atoms. The Hall–Kier alpha value is -0.550. The van der Waals surface area contributed by atoms with Crippen LogP contribution in [0, 0.1) is 0 Å². The monoisotopic (exact) mass is 373 g/mol. The maximum Gasteiger partial charge on any atom is 0.192 e. The highest BCUT2D eigenvalue weighted by Gasteiger charge is 2.30. The van der Waals surface area contributed by atoms with Gasteiger partial charge >= 0.3 is 0 Å². The highest BCUT2D eigenvalue weighted by atomic mass is 79.9. The average molecular weight is 375 g/mol. The molecule has 0 fully saturated rings. The van der Waals surface area contributed by atoms with Gasteiger partial charge in [0.05, 0.1) is 12.6 Å². The van der Waals surface area contributed by atoms with E-state index < -0.39 is 0 Å². The number of hydrogen-bond acceptors (Lipinski definition) is 3. The van der Waals surface area contributed by atoms with E-state index >= 15 is 0 Å². The first-order valence-electron chi connectivity index (χ1n) is 6.07. The summed E-state index contributed by atoms with van der Waals surface area (Å²) in [5.41, 5.74) is 7.25. The zero-order valence-electron chi connectivity index (χ0n) is 10.5. The molecule has 5 heteroatoms. The van der Waals surface area contributed by atoms with E-state index in [2.05, 4.69) is 73.8 Å². The van der Waals surface area contributed by atoms with Gasteiger partial charge in [-0.15, -0.1) is 0 Å². The fourth-order valence-corrected chi connectivity index (χ4v) is 2.87. The second-order valence-corrected chi connectivity index (χ2v) is 6.26. The second-order valence-electron chi connectivity index (χ2n) is 4.55. The van der Waals surface area contributed by atoms with Gasteiger partial charge in [0.25, 0.3) is 0 Å². The van der Waals surface area contributed by atoms with Crippen LogP contribution in [0.2, 0.25) is 0 Å². The Labute approximate surface area is 125 Å². The molecule has 0 aliphatic carbocycles. The van der Waals surface area contributed by atoms with Gasteiger partial charge in [0.15, 0.2) is 5.96 Å². The van der Waals surface area contributed by atoms with Crippen molar-refractivity contribution in [3.63, 3.8) is 0 Å². The summed E-state index contributed by atoms with van der Waals surface area (Å²) < 4.78 is 2.13. The van der Waals surface area contributed by atoms with Crippen LogP contribution in [0.4, 0.5) is 0 Å². The fraction of sp³-hybridized carbons (Fsp3) is 0.462. The lowest BCUT2D eigenvalue weighted by Crippen LogP contribution is -2.42. The summed E-state index contributed by atoms with van der Waals surface area (Å²) in [6, 6.07) is 6.98. The average Bonchev–Trinajstić information content (AvgIpc) is 2.74. The predicted octanol–water partition coefficient (Wildman–Crippen LogP) is 3.68. The molecule has 1 aromatic rings. The molecular weight excluding hydrogens is 358 g/mol. The SMILES string of the molecule is CCC(C)N1C(N)=NCC1c1ccc(Br)c(Br)c1. The Kier molecular flexibility index (Phi) is 4.33. The maximum atomic E-state index is 6.01. The van der Waals surface area contributed by atoms with Crippen LogP contribution in [0.15, 0.2) is 32.1 Å². The van der Waals surface area contributed by atoms with Crippen LogP contribution < -0.4 is 5.73 Å². The molecule has 2 N–H and O–H groups in total. The van der Waals surface area contributed by atoms with Gasteiger partial charge in [-0.1, -0.05) is 13.0 Å². The first-order chi connectivity index (χ1) is 8.54. The second kappa shape index (κ2) is 5.61. The summed E-state index contributed by atoms with van der Waals surface area (Å²) in [5.74, 6) is 0.661. The largest absolute Gasteiger partial charge is 0.370 e. The zero-order chi connectivity index (χ0) is 13.3. The van der Waals surface area contributed by atoms with Gasteiger partial charge in [-0.05, 0) is 62.9 Å². The lowest BCUT2D eigenvalue weighted by Gasteiger charge is -2.32. The minimum absolute atomic E-state index is 0.254. The molecule has 0 bridgehead atoms. The molecule has 3 nitrogen and oxygen atoms in total. The summed E-state index contributed by atoms with van der Waals surface area (Å²) >= 11 is 7.04. The van der Waals surface area contributed by atoms with Gasteiger partial charge in [0.1, 0.15) is 0 Å². The number of benzene rings is 1. The zero-order valence-corrected chi connectivity index (χ0v) is 13.7. The molecule has 2 unspecified atom stereocenters. The summed E-state index contributed by atoms with van der Waals surface area (Å²) in [4.78, 5) is 6.61. The molecule has 2 rings (SSSR count). The lowest BCUT2D eigenvalue weighted by molar-refractivity contribution is 0.268. The molecule has 0 saturated heterocycles. The molecule has 2 atom stereocenters.